The molecule has 1 heterocycles. The summed E-state index contributed by atoms with van der Waals surface area (Å²) in [5.74, 6) is 1.11. The first-order valence-corrected chi connectivity index (χ1v) is 12.9. The highest BCUT2D eigenvalue weighted by atomic mass is 35.5. The van der Waals surface area contributed by atoms with Gasteiger partial charge in [0.05, 0.1) is 6.54 Å². The standard InChI is InChI=1S/C27H43N3O3.ClH/c1-4-28-25(32)18-29-26(33)24(21-9-6-5-7-10-21)13-15-30-16-14-27(3,20(2)19-30)22-11-8-12-23(31)17-22;/h8,11-12,17,20-21,24,31H,4-7,9-10,13-16,18-19H2,1-3H3,(H,28,32)(H,29,33);1H. The Labute approximate surface area is 211 Å². The maximum absolute atomic E-state index is 13.1. The van der Waals surface area contributed by atoms with Gasteiger partial charge < -0.3 is 20.6 Å². The number of rotatable bonds is 9. The maximum Gasteiger partial charge on any atom is 0.239 e. The van der Waals surface area contributed by atoms with Crippen LogP contribution in [-0.4, -0.2) is 54.5 Å². The van der Waals surface area contributed by atoms with E-state index in [1.807, 2.05) is 19.1 Å². The quantitative estimate of drug-likeness (QED) is 0.480. The van der Waals surface area contributed by atoms with E-state index in [2.05, 4.69) is 35.4 Å². The first-order valence-electron chi connectivity index (χ1n) is 12.9. The molecule has 7 heteroatoms. The second kappa shape index (κ2) is 13.3. The van der Waals surface area contributed by atoms with E-state index in [0.29, 0.717) is 24.1 Å². The van der Waals surface area contributed by atoms with E-state index in [-0.39, 0.29) is 42.1 Å². The first-order chi connectivity index (χ1) is 15.8. The fourth-order valence-corrected chi connectivity index (χ4v) is 5.81. The summed E-state index contributed by atoms with van der Waals surface area (Å²) in [5.41, 5.74) is 1.25. The third-order valence-corrected chi connectivity index (χ3v) is 8.18. The van der Waals surface area contributed by atoms with E-state index in [9.17, 15) is 14.7 Å². The number of piperidine rings is 1. The second-order valence-electron chi connectivity index (χ2n) is 10.4. The Morgan fingerprint density at radius 1 is 1.21 bits per heavy atom. The van der Waals surface area contributed by atoms with Gasteiger partial charge in [0.25, 0.3) is 0 Å². The van der Waals surface area contributed by atoms with Gasteiger partial charge in [-0.25, -0.2) is 0 Å². The molecular formula is C27H44ClN3O3. The molecule has 0 bridgehead atoms. The number of nitrogens with one attached hydrogen (secondary N) is 2. The molecule has 1 saturated carbocycles. The molecule has 2 fully saturated rings. The summed E-state index contributed by atoms with van der Waals surface area (Å²) in [4.78, 5) is 27.4. The fraction of sp³-hybridized carbons (Fsp3) is 0.704. The molecule has 3 N–H and O–H groups in total. The SMILES string of the molecule is CCNC(=O)CNC(=O)C(CCN1CCC(C)(c2cccc(O)c2)C(C)C1)C1CCCCC1.Cl. The van der Waals surface area contributed by atoms with E-state index >= 15 is 0 Å². The summed E-state index contributed by atoms with van der Waals surface area (Å²) in [6, 6.07) is 7.70. The molecule has 0 aromatic heterocycles. The van der Waals surface area contributed by atoms with E-state index in [4.69, 9.17) is 0 Å². The number of benzene rings is 1. The molecule has 3 rings (SSSR count). The molecule has 2 amide bonds. The summed E-state index contributed by atoms with van der Waals surface area (Å²) < 4.78 is 0. The van der Waals surface area contributed by atoms with Crippen LogP contribution in [0.25, 0.3) is 0 Å². The van der Waals surface area contributed by atoms with E-state index in [1.54, 1.807) is 6.07 Å². The Hall–Kier alpha value is -1.79. The van der Waals surface area contributed by atoms with Gasteiger partial charge in [-0.2, -0.15) is 0 Å². The molecule has 3 unspecified atom stereocenters. The molecule has 0 radical (unpaired) electrons. The lowest BCUT2D eigenvalue weighted by atomic mass is 9.68. The third-order valence-electron chi connectivity index (χ3n) is 8.18. The number of nitrogens with zero attached hydrogens (tertiary/aromatic N) is 1. The maximum atomic E-state index is 13.1. The Morgan fingerprint density at radius 3 is 2.59 bits per heavy atom. The van der Waals surface area contributed by atoms with Crippen LogP contribution in [0.4, 0.5) is 0 Å². The summed E-state index contributed by atoms with van der Waals surface area (Å²) in [5, 5.41) is 15.6. The minimum atomic E-state index is -0.121. The van der Waals surface area contributed by atoms with Gasteiger partial charge in [0.1, 0.15) is 5.75 Å². The number of halogens is 1. The van der Waals surface area contributed by atoms with Gasteiger partial charge in [-0.1, -0.05) is 45.2 Å². The summed E-state index contributed by atoms with van der Waals surface area (Å²) >= 11 is 0. The number of likely N-dealkylation sites (N-methyl/N-ethyl adjacent to an activating group) is 1. The third kappa shape index (κ3) is 7.35. The number of hydrogen-bond donors (Lipinski definition) is 3. The monoisotopic (exact) mass is 493 g/mol. The van der Waals surface area contributed by atoms with Crippen LogP contribution in [0.3, 0.4) is 0 Å². The molecule has 3 atom stereocenters. The lowest BCUT2D eigenvalue weighted by Gasteiger charge is -2.45. The van der Waals surface area contributed by atoms with Crippen LogP contribution >= 0.6 is 12.4 Å². The molecule has 2 aliphatic rings. The van der Waals surface area contributed by atoms with Crippen molar-refractivity contribution in [1.82, 2.24) is 15.5 Å². The van der Waals surface area contributed by atoms with Gasteiger partial charge in [0.15, 0.2) is 0 Å². The molecule has 1 aliphatic heterocycles. The van der Waals surface area contributed by atoms with Gasteiger partial charge in [0, 0.05) is 19.0 Å². The number of carbonyl (C=O) groups is 2. The van der Waals surface area contributed by atoms with E-state index in [0.717, 1.165) is 45.3 Å². The number of likely N-dealkylation sites (tertiary alicyclic amines) is 1. The predicted octanol–water partition coefficient (Wildman–Crippen LogP) is 4.25. The zero-order valence-electron chi connectivity index (χ0n) is 21.1. The smallest absolute Gasteiger partial charge is 0.239 e. The topological polar surface area (TPSA) is 81.7 Å². The molecule has 1 saturated heterocycles. The minimum absolute atomic E-state index is 0. The van der Waals surface area contributed by atoms with Crippen LogP contribution in [0.5, 0.6) is 5.75 Å². The van der Waals surface area contributed by atoms with Crippen LogP contribution in [0, 0.1) is 17.8 Å². The zero-order chi connectivity index (χ0) is 23.8. The number of aromatic hydroxyl groups is 1. The highest BCUT2D eigenvalue weighted by molar-refractivity contribution is 5.86. The first kappa shape index (κ1) is 28.4. The predicted molar refractivity (Wildman–Crippen MR) is 139 cm³/mol. The molecule has 0 spiro atoms. The van der Waals surface area contributed by atoms with Crippen molar-refractivity contribution in [1.29, 1.82) is 0 Å². The molecule has 1 aliphatic carbocycles. The van der Waals surface area contributed by atoms with Crippen LogP contribution < -0.4 is 10.6 Å². The lowest BCUT2D eigenvalue weighted by Crippen LogP contribution is -2.48. The number of amides is 2. The van der Waals surface area contributed by atoms with Crippen molar-refractivity contribution >= 4 is 24.2 Å². The summed E-state index contributed by atoms with van der Waals surface area (Å²) in [6.45, 7) is 10.0. The Morgan fingerprint density at radius 2 is 1.94 bits per heavy atom. The summed E-state index contributed by atoms with van der Waals surface area (Å²) in [6.07, 6.45) is 7.79. The van der Waals surface area contributed by atoms with Crippen LogP contribution in [-0.2, 0) is 15.0 Å². The molecule has 1 aromatic rings. The van der Waals surface area contributed by atoms with Crippen LogP contribution in [0.1, 0.15) is 71.3 Å². The van der Waals surface area contributed by atoms with Crippen molar-refractivity contribution in [3.8, 4) is 5.75 Å². The van der Waals surface area contributed by atoms with Gasteiger partial charge in [-0.15, -0.1) is 12.4 Å². The van der Waals surface area contributed by atoms with Gasteiger partial charge >= 0.3 is 0 Å². The van der Waals surface area contributed by atoms with Gasteiger partial charge in [-0.3, -0.25) is 9.59 Å². The van der Waals surface area contributed by atoms with Crippen molar-refractivity contribution in [3.63, 3.8) is 0 Å². The average Bonchev–Trinajstić information content (AvgIpc) is 2.81. The van der Waals surface area contributed by atoms with Crippen molar-refractivity contribution in [3.05, 3.63) is 29.8 Å². The Kier molecular flexibility index (Phi) is 11.2. The highest BCUT2D eigenvalue weighted by Crippen LogP contribution is 2.40. The Bertz CT molecular complexity index is 799. The second-order valence-corrected chi connectivity index (χ2v) is 10.4. The van der Waals surface area contributed by atoms with E-state index < -0.39 is 0 Å². The number of phenols is 1. The molecule has 34 heavy (non-hydrogen) atoms. The van der Waals surface area contributed by atoms with Crippen molar-refractivity contribution in [2.75, 3.05) is 32.7 Å². The number of phenolic OH excluding ortho intramolecular Hbond substituents is 1. The fourth-order valence-electron chi connectivity index (χ4n) is 5.81. The van der Waals surface area contributed by atoms with Crippen LogP contribution in [0.15, 0.2) is 24.3 Å². The van der Waals surface area contributed by atoms with E-state index in [1.165, 1.54) is 24.8 Å². The van der Waals surface area contributed by atoms with Crippen molar-refractivity contribution < 1.29 is 14.7 Å². The molecular weight excluding hydrogens is 450 g/mol. The van der Waals surface area contributed by atoms with Crippen LogP contribution in [0.2, 0.25) is 0 Å². The van der Waals surface area contributed by atoms with Crippen molar-refractivity contribution in [2.45, 2.75) is 71.1 Å². The average molecular weight is 494 g/mol. The highest BCUT2D eigenvalue weighted by Gasteiger charge is 2.38. The van der Waals surface area contributed by atoms with Gasteiger partial charge in [0.2, 0.25) is 11.8 Å². The molecule has 6 nitrogen and oxygen atoms in total. The summed E-state index contributed by atoms with van der Waals surface area (Å²) in [7, 11) is 0. The Balaban J connectivity index is 0.00000408. The normalized spacial score (nSPS) is 24.6. The van der Waals surface area contributed by atoms with Gasteiger partial charge in [-0.05, 0) is 80.6 Å². The minimum Gasteiger partial charge on any atom is -0.508 e. The van der Waals surface area contributed by atoms with Crippen molar-refractivity contribution in [2.24, 2.45) is 17.8 Å². The molecule has 192 valence electrons. The molecule has 1 aromatic carbocycles. The largest absolute Gasteiger partial charge is 0.508 e. The number of carbonyl (C=O) groups excluding carboxylic acids is 2. The zero-order valence-corrected chi connectivity index (χ0v) is 22.0. The lowest BCUT2D eigenvalue weighted by molar-refractivity contribution is -0.130. The number of hydrogen-bond acceptors (Lipinski definition) is 4.